The second-order valence-corrected chi connectivity index (χ2v) is 10.8. The fourth-order valence-electron chi connectivity index (χ4n) is 7.67. The number of hydrogen-bond acceptors (Lipinski definition) is 1. The molecule has 5 aliphatic rings. The highest BCUT2D eigenvalue weighted by Crippen LogP contribution is 2.61. The zero-order valence-corrected chi connectivity index (χ0v) is 15.9. The van der Waals surface area contributed by atoms with Gasteiger partial charge in [-0.3, -0.25) is 4.79 Å². The van der Waals surface area contributed by atoms with Crippen molar-refractivity contribution in [3.63, 3.8) is 0 Å². The number of carbonyl (C=O) groups excluding carboxylic acids is 1. The van der Waals surface area contributed by atoms with Crippen molar-refractivity contribution in [2.24, 2.45) is 40.4 Å². The van der Waals surface area contributed by atoms with Crippen molar-refractivity contribution >= 4 is 5.91 Å². The van der Waals surface area contributed by atoms with Gasteiger partial charge in [0.25, 0.3) is 0 Å². The van der Waals surface area contributed by atoms with Crippen LogP contribution < -0.4 is 11.1 Å². The Morgan fingerprint density at radius 1 is 1.04 bits per heavy atom. The van der Waals surface area contributed by atoms with Crippen molar-refractivity contribution in [1.82, 2.24) is 5.32 Å². The number of nitrogens with one attached hydrogen (secondary N) is 1. The highest BCUT2D eigenvalue weighted by molar-refractivity contribution is 5.76. The first kappa shape index (κ1) is 16.9. The van der Waals surface area contributed by atoms with Crippen LogP contribution in [0.3, 0.4) is 0 Å². The fraction of sp³-hybridized carbons (Fsp3) is 0.952. The summed E-state index contributed by atoms with van der Waals surface area (Å²) in [6.07, 6.45) is 10.4. The molecule has 136 valence electrons. The Hall–Kier alpha value is -0.570. The minimum absolute atomic E-state index is 0.305. The molecule has 0 radical (unpaired) electrons. The van der Waals surface area contributed by atoms with E-state index in [2.05, 4.69) is 31.8 Å². The molecule has 5 rings (SSSR count). The van der Waals surface area contributed by atoms with Gasteiger partial charge in [-0.05, 0) is 73.5 Å². The van der Waals surface area contributed by atoms with E-state index in [0.717, 1.165) is 30.7 Å². The molecule has 3 heteroatoms. The van der Waals surface area contributed by atoms with Crippen LogP contribution in [0.2, 0.25) is 0 Å². The third kappa shape index (κ3) is 2.91. The molecule has 5 fully saturated rings. The first-order valence-corrected chi connectivity index (χ1v) is 10.4. The van der Waals surface area contributed by atoms with Crippen molar-refractivity contribution < 1.29 is 10.5 Å². The zero-order chi connectivity index (χ0) is 17.1. The van der Waals surface area contributed by atoms with E-state index in [0.29, 0.717) is 34.6 Å². The molecule has 4 bridgehead atoms. The third-order valence-electron chi connectivity index (χ3n) is 8.32. The number of carbonyl (C=O) groups is 1. The summed E-state index contributed by atoms with van der Waals surface area (Å²) in [4.78, 5) is 12.8. The predicted molar refractivity (Wildman–Crippen MR) is 96.0 cm³/mol. The van der Waals surface area contributed by atoms with Gasteiger partial charge < -0.3 is 11.1 Å². The molecule has 1 amide bonds. The lowest BCUT2D eigenvalue weighted by molar-refractivity contribution is -0.439. The quantitative estimate of drug-likeness (QED) is 0.816. The summed E-state index contributed by atoms with van der Waals surface area (Å²) in [5.74, 6) is 4.31. The lowest BCUT2D eigenvalue weighted by atomic mass is 9.49. The molecule has 3 atom stereocenters. The molecule has 0 aromatic rings. The molecule has 24 heavy (non-hydrogen) atoms. The minimum Gasteiger partial charge on any atom is -0.356 e. The minimum atomic E-state index is 0.305. The largest absolute Gasteiger partial charge is 0.356 e. The van der Waals surface area contributed by atoms with Crippen molar-refractivity contribution in [2.75, 3.05) is 6.54 Å². The maximum Gasteiger partial charge on any atom is 0.220 e. The van der Waals surface area contributed by atoms with Gasteiger partial charge in [0.2, 0.25) is 5.91 Å². The summed E-state index contributed by atoms with van der Waals surface area (Å²) in [5, 5.41) is 3.33. The normalized spacial score (nSPS) is 48.7. The number of quaternary nitrogens is 1. The summed E-state index contributed by atoms with van der Waals surface area (Å²) in [5.41, 5.74) is 5.07. The predicted octanol–water partition coefficient (Wildman–Crippen LogP) is 3.00. The van der Waals surface area contributed by atoms with Gasteiger partial charge in [0.05, 0.1) is 6.04 Å². The van der Waals surface area contributed by atoms with Crippen LogP contribution >= 0.6 is 0 Å². The van der Waals surface area contributed by atoms with Crippen molar-refractivity contribution in [2.45, 2.75) is 78.2 Å². The Morgan fingerprint density at radius 2 is 1.58 bits per heavy atom. The molecular formula is C21H37N2O+. The molecule has 0 aliphatic heterocycles. The van der Waals surface area contributed by atoms with Crippen LogP contribution in [0.5, 0.6) is 0 Å². The molecule has 3 nitrogen and oxygen atoms in total. The van der Waals surface area contributed by atoms with E-state index in [1.54, 1.807) is 0 Å². The zero-order valence-electron chi connectivity index (χ0n) is 15.9. The molecule has 0 aromatic carbocycles. The molecule has 4 N–H and O–H groups in total. The molecule has 5 saturated carbocycles. The van der Waals surface area contributed by atoms with Gasteiger partial charge >= 0.3 is 0 Å². The topological polar surface area (TPSA) is 56.7 Å². The number of hydrogen-bond donors (Lipinski definition) is 2. The maximum absolute atomic E-state index is 12.8. The van der Waals surface area contributed by atoms with E-state index < -0.39 is 0 Å². The van der Waals surface area contributed by atoms with Gasteiger partial charge in [-0.25, -0.2) is 0 Å². The summed E-state index contributed by atoms with van der Waals surface area (Å²) in [7, 11) is 0. The summed E-state index contributed by atoms with van der Waals surface area (Å²) in [6.45, 7) is 7.85. The van der Waals surface area contributed by atoms with E-state index in [-0.39, 0.29) is 0 Å². The lowest BCUT2D eigenvalue weighted by Crippen LogP contribution is -2.67. The average Bonchev–Trinajstić information content (AvgIpc) is 2.63. The van der Waals surface area contributed by atoms with Gasteiger partial charge in [-0.1, -0.05) is 20.8 Å². The van der Waals surface area contributed by atoms with E-state index in [1.165, 1.54) is 44.9 Å². The van der Waals surface area contributed by atoms with E-state index in [9.17, 15) is 4.79 Å². The van der Waals surface area contributed by atoms with Crippen molar-refractivity contribution in [3.8, 4) is 0 Å². The summed E-state index contributed by atoms with van der Waals surface area (Å²) in [6, 6.07) is 0.472. The molecule has 5 aliphatic carbocycles. The summed E-state index contributed by atoms with van der Waals surface area (Å²) >= 11 is 0. The lowest BCUT2D eigenvalue weighted by Gasteiger charge is -2.56. The molecule has 0 spiro atoms. The van der Waals surface area contributed by atoms with Gasteiger partial charge in [0.1, 0.15) is 0 Å². The van der Waals surface area contributed by atoms with Gasteiger partial charge in [0.15, 0.2) is 0 Å². The van der Waals surface area contributed by atoms with Crippen LogP contribution in [0.15, 0.2) is 0 Å². The Morgan fingerprint density at radius 3 is 2.04 bits per heavy atom. The maximum atomic E-state index is 12.8. The standard InChI is InChI=1S/C21H36N2O/c1-13-7-20(2,3)17(19(13)22)12-23-18(24)11-21-8-14-4-15(9-21)6-16(5-14)10-21/h13-17,19H,4-12,22H2,1-3H3,(H,23,24)/p+1/t13-,14?,15?,16?,17-,19+,21?/m0/s1. The molecule has 0 unspecified atom stereocenters. The molecular weight excluding hydrogens is 296 g/mol. The Bertz CT molecular complexity index is 477. The number of rotatable bonds is 4. The van der Waals surface area contributed by atoms with Crippen LogP contribution in [-0.2, 0) is 4.79 Å². The molecule has 0 aromatic heterocycles. The third-order valence-corrected chi connectivity index (χ3v) is 8.32. The van der Waals surface area contributed by atoms with Crippen molar-refractivity contribution in [3.05, 3.63) is 0 Å². The van der Waals surface area contributed by atoms with Crippen LogP contribution in [0.25, 0.3) is 0 Å². The fourth-order valence-corrected chi connectivity index (χ4v) is 7.67. The van der Waals surface area contributed by atoms with E-state index in [4.69, 9.17) is 0 Å². The Balaban J connectivity index is 1.34. The summed E-state index contributed by atoms with van der Waals surface area (Å²) < 4.78 is 0. The van der Waals surface area contributed by atoms with Crippen LogP contribution in [0.4, 0.5) is 0 Å². The Labute approximate surface area is 147 Å². The van der Waals surface area contributed by atoms with Gasteiger partial charge in [-0.2, -0.15) is 0 Å². The highest BCUT2D eigenvalue weighted by Gasteiger charge is 2.52. The Kier molecular flexibility index (Phi) is 4.02. The van der Waals surface area contributed by atoms with E-state index >= 15 is 0 Å². The van der Waals surface area contributed by atoms with Crippen LogP contribution in [0, 0.1) is 40.4 Å². The highest BCUT2D eigenvalue weighted by atomic mass is 16.1. The van der Waals surface area contributed by atoms with Crippen molar-refractivity contribution in [1.29, 1.82) is 0 Å². The first-order valence-electron chi connectivity index (χ1n) is 10.4. The van der Waals surface area contributed by atoms with Gasteiger partial charge in [-0.15, -0.1) is 0 Å². The van der Waals surface area contributed by atoms with Crippen LogP contribution in [-0.4, -0.2) is 18.5 Å². The van der Waals surface area contributed by atoms with Crippen LogP contribution in [0.1, 0.15) is 72.1 Å². The van der Waals surface area contributed by atoms with Gasteiger partial charge in [0, 0.05) is 24.8 Å². The first-order chi connectivity index (χ1) is 11.3. The second kappa shape index (κ2) is 5.72. The monoisotopic (exact) mass is 333 g/mol. The molecule has 0 heterocycles. The SMILES string of the molecule is C[C@H]1CC(C)(C)[C@@H](CNC(=O)CC23CC4CC(CC(C4)C2)C3)[C@@H]1[NH3+]. The second-order valence-electron chi connectivity index (χ2n) is 10.8. The smallest absolute Gasteiger partial charge is 0.220 e. The number of amides is 1. The van der Waals surface area contributed by atoms with E-state index in [1.807, 2.05) is 0 Å². The average molecular weight is 334 g/mol. The molecule has 0 saturated heterocycles.